The first kappa shape index (κ1) is 15.5. The molecule has 0 aliphatic heterocycles. The van der Waals surface area contributed by atoms with Crippen LogP contribution >= 0.6 is 23.2 Å². The van der Waals surface area contributed by atoms with Crippen LogP contribution in [0, 0.1) is 5.82 Å². The fourth-order valence-corrected chi connectivity index (χ4v) is 2.01. The summed E-state index contributed by atoms with van der Waals surface area (Å²) in [7, 11) is 0. The second-order valence-corrected chi connectivity index (χ2v) is 4.72. The molecule has 0 bridgehead atoms. The largest absolute Gasteiger partial charge is 0.461 e. The lowest BCUT2D eigenvalue weighted by Crippen LogP contribution is -2.13. The third kappa shape index (κ3) is 3.22. The van der Waals surface area contributed by atoms with Gasteiger partial charge in [0.25, 0.3) is 0 Å². The molecule has 5 nitrogen and oxygen atoms in total. The van der Waals surface area contributed by atoms with Crippen molar-refractivity contribution in [2.75, 3.05) is 12.3 Å². The van der Waals surface area contributed by atoms with Crippen LogP contribution < -0.4 is 5.73 Å². The summed E-state index contributed by atoms with van der Waals surface area (Å²) in [6.07, 6.45) is 0. The van der Waals surface area contributed by atoms with Crippen molar-refractivity contribution in [3.8, 4) is 11.3 Å². The molecule has 1 heterocycles. The second-order valence-electron chi connectivity index (χ2n) is 3.95. The molecular formula is C13H10Cl2FN3O2. The molecule has 0 saturated carbocycles. The Bertz CT molecular complexity index is 710. The minimum atomic E-state index is -0.755. The molecule has 0 spiro atoms. The number of anilines is 1. The van der Waals surface area contributed by atoms with Gasteiger partial charge >= 0.3 is 5.97 Å². The van der Waals surface area contributed by atoms with E-state index < -0.39 is 11.8 Å². The van der Waals surface area contributed by atoms with Crippen LogP contribution in [0.3, 0.4) is 0 Å². The van der Waals surface area contributed by atoms with Crippen LogP contribution in [-0.4, -0.2) is 22.5 Å². The van der Waals surface area contributed by atoms with Crippen molar-refractivity contribution in [3.05, 3.63) is 40.0 Å². The van der Waals surface area contributed by atoms with E-state index in [1.165, 1.54) is 12.1 Å². The lowest BCUT2D eigenvalue weighted by Gasteiger charge is -2.10. The standard InChI is InChI=1S/C13H10Cl2FN3O2/c1-2-21-12(20)11-9(17)10(18-13(15)19-11)7-4-3-6(14)5-8(7)16/h3-5H,2,17H2,1H3. The van der Waals surface area contributed by atoms with Gasteiger partial charge in [0.05, 0.1) is 12.3 Å². The zero-order valence-corrected chi connectivity index (χ0v) is 12.4. The number of aromatic nitrogens is 2. The number of nitrogens with zero attached hydrogens (tertiary/aromatic N) is 2. The van der Waals surface area contributed by atoms with Crippen molar-refractivity contribution >= 4 is 34.9 Å². The van der Waals surface area contributed by atoms with E-state index in [0.717, 1.165) is 6.07 Å². The average molecular weight is 330 g/mol. The fourth-order valence-electron chi connectivity index (χ4n) is 1.68. The molecule has 1 aromatic carbocycles. The summed E-state index contributed by atoms with van der Waals surface area (Å²) in [5, 5.41) is -0.0165. The molecule has 2 N–H and O–H groups in total. The van der Waals surface area contributed by atoms with Gasteiger partial charge in [-0.25, -0.2) is 19.2 Å². The molecular weight excluding hydrogens is 320 g/mol. The van der Waals surface area contributed by atoms with Crippen LogP contribution in [0.5, 0.6) is 0 Å². The zero-order valence-electron chi connectivity index (χ0n) is 10.9. The monoisotopic (exact) mass is 329 g/mol. The van der Waals surface area contributed by atoms with E-state index in [1.807, 2.05) is 0 Å². The molecule has 21 heavy (non-hydrogen) atoms. The summed E-state index contributed by atoms with van der Waals surface area (Å²) in [5.41, 5.74) is 5.59. The quantitative estimate of drug-likeness (QED) is 0.690. The number of halogens is 3. The van der Waals surface area contributed by atoms with E-state index in [1.54, 1.807) is 6.92 Å². The van der Waals surface area contributed by atoms with E-state index in [0.29, 0.717) is 0 Å². The maximum absolute atomic E-state index is 14.0. The van der Waals surface area contributed by atoms with Gasteiger partial charge in [-0.3, -0.25) is 0 Å². The SMILES string of the molecule is CCOC(=O)c1nc(Cl)nc(-c2ccc(Cl)cc2F)c1N. The predicted molar refractivity (Wildman–Crippen MR) is 77.8 cm³/mol. The van der Waals surface area contributed by atoms with E-state index >= 15 is 0 Å². The van der Waals surface area contributed by atoms with Crippen molar-refractivity contribution in [3.63, 3.8) is 0 Å². The number of ether oxygens (including phenoxy) is 1. The maximum Gasteiger partial charge on any atom is 0.359 e. The third-order valence-corrected chi connectivity index (χ3v) is 2.98. The lowest BCUT2D eigenvalue weighted by molar-refractivity contribution is 0.0520. The normalized spacial score (nSPS) is 10.5. The Hall–Kier alpha value is -1.92. The van der Waals surface area contributed by atoms with Gasteiger partial charge in [-0.15, -0.1) is 0 Å². The maximum atomic E-state index is 14.0. The highest BCUT2D eigenvalue weighted by Crippen LogP contribution is 2.30. The van der Waals surface area contributed by atoms with Crippen molar-refractivity contribution in [1.29, 1.82) is 0 Å². The molecule has 0 unspecified atom stereocenters. The van der Waals surface area contributed by atoms with E-state index in [4.69, 9.17) is 33.7 Å². The van der Waals surface area contributed by atoms with Gasteiger partial charge in [0.1, 0.15) is 11.5 Å². The molecule has 0 aliphatic rings. The number of esters is 1. The van der Waals surface area contributed by atoms with Gasteiger partial charge in [-0.2, -0.15) is 0 Å². The van der Waals surface area contributed by atoms with E-state index in [9.17, 15) is 9.18 Å². The van der Waals surface area contributed by atoms with Crippen LogP contribution in [0.15, 0.2) is 18.2 Å². The Morgan fingerprint density at radius 3 is 2.71 bits per heavy atom. The second kappa shape index (κ2) is 6.24. The van der Waals surface area contributed by atoms with Gasteiger partial charge < -0.3 is 10.5 Å². The van der Waals surface area contributed by atoms with Crippen LogP contribution in [0.2, 0.25) is 10.3 Å². The lowest BCUT2D eigenvalue weighted by atomic mass is 10.1. The zero-order chi connectivity index (χ0) is 15.6. The summed E-state index contributed by atoms with van der Waals surface area (Å²) in [6.45, 7) is 1.78. The Morgan fingerprint density at radius 2 is 2.10 bits per heavy atom. The van der Waals surface area contributed by atoms with Crippen LogP contribution in [-0.2, 0) is 4.74 Å². The van der Waals surface area contributed by atoms with Gasteiger partial charge in [-0.05, 0) is 36.7 Å². The highest BCUT2D eigenvalue weighted by atomic mass is 35.5. The summed E-state index contributed by atoms with van der Waals surface area (Å²) < 4.78 is 18.8. The van der Waals surface area contributed by atoms with E-state index in [2.05, 4.69) is 9.97 Å². The fraction of sp³-hybridized carbons (Fsp3) is 0.154. The molecule has 0 radical (unpaired) electrons. The Morgan fingerprint density at radius 1 is 1.38 bits per heavy atom. The molecule has 0 atom stereocenters. The number of hydrogen-bond donors (Lipinski definition) is 1. The van der Waals surface area contributed by atoms with Crippen LogP contribution in [0.4, 0.5) is 10.1 Å². The summed E-state index contributed by atoms with van der Waals surface area (Å²) in [6, 6.07) is 3.97. The topological polar surface area (TPSA) is 78.1 Å². The molecule has 1 aromatic heterocycles. The Labute approximate surface area is 129 Å². The number of carbonyl (C=O) groups excluding carboxylic acids is 1. The summed E-state index contributed by atoms with van der Waals surface area (Å²) in [5.74, 6) is -1.39. The highest BCUT2D eigenvalue weighted by molar-refractivity contribution is 6.30. The summed E-state index contributed by atoms with van der Waals surface area (Å²) >= 11 is 11.5. The minimum Gasteiger partial charge on any atom is -0.461 e. The molecule has 0 fully saturated rings. The number of nitrogen functional groups attached to an aromatic ring is 1. The van der Waals surface area contributed by atoms with Crippen molar-refractivity contribution in [2.45, 2.75) is 6.92 Å². The Balaban J connectivity index is 2.61. The van der Waals surface area contributed by atoms with Gasteiger partial charge in [-0.1, -0.05) is 11.6 Å². The van der Waals surface area contributed by atoms with Crippen molar-refractivity contribution in [1.82, 2.24) is 9.97 Å². The molecule has 0 saturated heterocycles. The first-order chi connectivity index (χ1) is 9.93. The smallest absolute Gasteiger partial charge is 0.359 e. The number of nitrogens with two attached hydrogens (primary N) is 1. The average Bonchev–Trinajstić information content (AvgIpc) is 2.41. The minimum absolute atomic E-state index is 0.00668. The molecule has 0 aliphatic carbocycles. The molecule has 110 valence electrons. The number of rotatable bonds is 3. The number of benzene rings is 1. The molecule has 2 aromatic rings. The third-order valence-electron chi connectivity index (χ3n) is 2.57. The molecule has 0 amide bonds. The van der Waals surface area contributed by atoms with Gasteiger partial charge in [0.2, 0.25) is 5.28 Å². The van der Waals surface area contributed by atoms with Gasteiger partial charge in [0.15, 0.2) is 5.69 Å². The van der Waals surface area contributed by atoms with Crippen LogP contribution in [0.25, 0.3) is 11.3 Å². The first-order valence-electron chi connectivity index (χ1n) is 5.89. The number of carbonyl (C=O) groups is 1. The molecule has 2 rings (SSSR count). The van der Waals surface area contributed by atoms with Crippen LogP contribution in [0.1, 0.15) is 17.4 Å². The van der Waals surface area contributed by atoms with Crippen molar-refractivity contribution < 1.29 is 13.9 Å². The first-order valence-corrected chi connectivity index (χ1v) is 6.65. The highest BCUT2D eigenvalue weighted by Gasteiger charge is 2.21. The van der Waals surface area contributed by atoms with Crippen molar-refractivity contribution in [2.24, 2.45) is 0 Å². The van der Waals surface area contributed by atoms with E-state index in [-0.39, 0.29) is 39.6 Å². The number of hydrogen-bond acceptors (Lipinski definition) is 5. The molecule has 8 heteroatoms. The Kier molecular flexibility index (Phi) is 4.59. The van der Waals surface area contributed by atoms with Gasteiger partial charge in [0, 0.05) is 10.6 Å². The summed E-state index contributed by atoms with van der Waals surface area (Å²) in [4.78, 5) is 19.4. The predicted octanol–water partition coefficient (Wildman–Crippen LogP) is 3.35.